The molecule has 4 nitrogen and oxygen atoms in total. The largest absolute Gasteiger partial charge is 0.496 e. The lowest BCUT2D eigenvalue weighted by Gasteiger charge is -2.14. The van der Waals surface area contributed by atoms with Crippen LogP contribution in [0.5, 0.6) is 5.75 Å². The van der Waals surface area contributed by atoms with Gasteiger partial charge >= 0.3 is 0 Å². The number of nitrogens with one attached hydrogen (secondary N) is 1. The number of hydrogen-bond acceptors (Lipinski definition) is 5. The summed E-state index contributed by atoms with van der Waals surface area (Å²) in [6, 6.07) is 8.10. The van der Waals surface area contributed by atoms with Crippen LogP contribution in [-0.4, -0.2) is 17.1 Å². The van der Waals surface area contributed by atoms with Crippen LogP contribution >= 0.6 is 11.3 Å². The normalized spacial score (nSPS) is 13.8. The molecule has 0 aliphatic heterocycles. The first kappa shape index (κ1) is 15.4. The van der Waals surface area contributed by atoms with Gasteiger partial charge in [0.05, 0.1) is 12.5 Å². The number of methoxy groups -OCH3 is 1. The van der Waals surface area contributed by atoms with Crippen molar-refractivity contribution in [1.29, 1.82) is 0 Å². The monoisotopic (exact) mass is 339 g/mol. The Hall–Kier alpha value is -2.14. The lowest BCUT2D eigenvalue weighted by Crippen LogP contribution is -2.06. The molecule has 24 heavy (non-hydrogen) atoms. The number of nitrogens with zero attached hydrogens (tertiary/aromatic N) is 2. The van der Waals surface area contributed by atoms with E-state index in [1.54, 1.807) is 7.11 Å². The number of ether oxygens (including phenoxy) is 1. The van der Waals surface area contributed by atoms with Crippen LogP contribution < -0.4 is 10.1 Å². The van der Waals surface area contributed by atoms with E-state index in [9.17, 15) is 0 Å². The number of aryl methyl sites for hydroxylation is 3. The van der Waals surface area contributed by atoms with Gasteiger partial charge in [-0.2, -0.15) is 0 Å². The van der Waals surface area contributed by atoms with Crippen molar-refractivity contribution < 1.29 is 4.74 Å². The van der Waals surface area contributed by atoms with Crippen LogP contribution in [0.15, 0.2) is 24.3 Å². The van der Waals surface area contributed by atoms with Crippen LogP contribution in [0.25, 0.3) is 10.2 Å². The molecule has 0 saturated carbocycles. The van der Waals surface area contributed by atoms with E-state index in [2.05, 4.69) is 16.4 Å². The fourth-order valence-electron chi connectivity index (χ4n) is 3.42. The predicted molar refractivity (Wildman–Crippen MR) is 99.1 cm³/mol. The van der Waals surface area contributed by atoms with E-state index in [0.717, 1.165) is 34.2 Å². The van der Waals surface area contributed by atoms with Gasteiger partial charge < -0.3 is 10.1 Å². The van der Waals surface area contributed by atoms with Gasteiger partial charge in [-0.25, -0.2) is 9.97 Å². The summed E-state index contributed by atoms with van der Waals surface area (Å²) in [7, 11) is 1.71. The summed E-state index contributed by atoms with van der Waals surface area (Å²) in [4.78, 5) is 12.0. The maximum atomic E-state index is 5.45. The Labute approximate surface area is 145 Å². The SMILES string of the molecule is COc1ccccc1CNc1nc(C)nc2sc3c(c12)CCCC3. The highest BCUT2D eigenvalue weighted by Crippen LogP contribution is 2.38. The van der Waals surface area contributed by atoms with Crippen molar-refractivity contribution in [3.63, 3.8) is 0 Å². The average Bonchev–Trinajstić information content (AvgIpc) is 2.98. The Morgan fingerprint density at radius 1 is 1.17 bits per heavy atom. The summed E-state index contributed by atoms with van der Waals surface area (Å²) in [6.45, 7) is 2.66. The van der Waals surface area contributed by atoms with Crippen molar-refractivity contribution in [2.24, 2.45) is 0 Å². The highest BCUT2D eigenvalue weighted by Gasteiger charge is 2.20. The molecule has 0 atom stereocenters. The Morgan fingerprint density at radius 2 is 2.00 bits per heavy atom. The zero-order valence-corrected chi connectivity index (χ0v) is 14.9. The molecule has 124 valence electrons. The molecule has 0 bridgehead atoms. The predicted octanol–water partition coefficient (Wildman–Crippen LogP) is 4.50. The molecule has 3 aromatic rings. The zero-order valence-electron chi connectivity index (χ0n) is 14.1. The van der Waals surface area contributed by atoms with Crippen molar-refractivity contribution in [2.45, 2.75) is 39.2 Å². The van der Waals surface area contributed by atoms with Crippen LogP contribution in [0.2, 0.25) is 0 Å². The molecule has 0 spiro atoms. The first-order chi connectivity index (χ1) is 11.8. The maximum Gasteiger partial charge on any atom is 0.139 e. The van der Waals surface area contributed by atoms with Crippen LogP contribution in [0.4, 0.5) is 5.82 Å². The van der Waals surface area contributed by atoms with Gasteiger partial charge in [-0.3, -0.25) is 0 Å². The number of para-hydroxylation sites is 1. The highest BCUT2D eigenvalue weighted by molar-refractivity contribution is 7.19. The zero-order chi connectivity index (χ0) is 16.5. The van der Waals surface area contributed by atoms with Crippen LogP contribution in [-0.2, 0) is 19.4 Å². The molecule has 1 aromatic carbocycles. The van der Waals surface area contributed by atoms with Crippen molar-refractivity contribution in [3.8, 4) is 5.75 Å². The van der Waals surface area contributed by atoms with Crippen LogP contribution in [0.1, 0.15) is 34.7 Å². The van der Waals surface area contributed by atoms with Crippen molar-refractivity contribution in [2.75, 3.05) is 12.4 Å². The third kappa shape index (κ3) is 2.73. The van der Waals surface area contributed by atoms with E-state index in [4.69, 9.17) is 9.72 Å². The van der Waals surface area contributed by atoms with Crippen LogP contribution in [0.3, 0.4) is 0 Å². The smallest absolute Gasteiger partial charge is 0.139 e. The Kier molecular flexibility index (Phi) is 4.10. The fraction of sp³-hybridized carbons (Fsp3) is 0.368. The van der Waals surface area contributed by atoms with E-state index >= 15 is 0 Å². The van der Waals surface area contributed by atoms with Gasteiger partial charge in [0.15, 0.2) is 0 Å². The number of benzene rings is 1. The van der Waals surface area contributed by atoms with E-state index in [0.29, 0.717) is 6.54 Å². The summed E-state index contributed by atoms with van der Waals surface area (Å²) in [5, 5.41) is 4.76. The summed E-state index contributed by atoms with van der Waals surface area (Å²) < 4.78 is 5.45. The minimum atomic E-state index is 0.695. The quantitative estimate of drug-likeness (QED) is 0.760. The Morgan fingerprint density at radius 3 is 2.88 bits per heavy atom. The molecular formula is C19H21N3OS. The first-order valence-corrected chi connectivity index (χ1v) is 9.22. The first-order valence-electron chi connectivity index (χ1n) is 8.41. The molecule has 5 heteroatoms. The molecule has 0 amide bonds. The number of hydrogen-bond donors (Lipinski definition) is 1. The molecule has 0 saturated heterocycles. The second kappa shape index (κ2) is 6.40. The average molecular weight is 339 g/mol. The number of fused-ring (bicyclic) bond motifs is 3. The van der Waals surface area contributed by atoms with E-state index in [1.165, 1.54) is 35.1 Å². The lowest BCUT2D eigenvalue weighted by atomic mass is 9.97. The van der Waals surface area contributed by atoms with E-state index in [1.807, 2.05) is 36.5 Å². The molecule has 4 rings (SSSR count). The summed E-state index contributed by atoms with van der Waals surface area (Å²) in [5.41, 5.74) is 2.59. The minimum absolute atomic E-state index is 0.695. The lowest BCUT2D eigenvalue weighted by molar-refractivity contribution is 0.410. The maximum absolute atomic E-state index is 5.45. The van der Waals surface area contributed by atoms with Gasteiger partial charge in [0.1, 0.15) is 22.2 Å². The molecule has 0 fully saturated rings. The molecule has 2 aromatic heterocycles. The fourth-order valence-corrected chi connectivity index (χ4v) is 4.73. The van der Waals surface area contributed by atoms with Gasteiger partial charge in [0, 0.05) is 17.0 Å². The Balaban J connectivity index is 1.72. The van der Waals surface area contributed by atoms with E-state index < -0.39 is 0 Å². The molecule has 1 aliphatic rings. The van der Waals surface area contributed by atoms with Crippen LogP contribution in [0, 0.1) is 6.92 Å². The standard InChI is InChI=1S/C19H21N3OS/c1-12-21-18(20-11-13-7-3-5-9-15(13)23-2)17-14-8-4-6-10-16(14)24-19(17)22-12/h3,5,7,9H,4,6,8,10-11H2,1-2H3,(H,20,21,22). The second-order valence-electron chi connectivity index (χ2n) is 6.18. The number of rotatable bonds is 4. The van der Waals surface area contributed by atoms with Gasteiger partial charge in [0.2, 0.25) is 0 Å². The van der Waals surface area contributed by atoms with Gasteiger partial charge in [0.25, 0.3) is 0 Å². The van der Waals surface area contributed by atoms with E-state index in [-0.39, 0.29) is 0 Å². The topological polar surface area (TPSA) is 47.0 Å². The molecular weight excluding hydrogens is 318 g/mol. The second-order valence-corrected chi connectivity index (χ2v) is 7.26. The summed E-state index contributed by atoms with van der Waals surface area (Å²) >= 11 is 1.84. The van der Waals surface area contributed by atoms with Crippen molar-refractivity contribution >= 4 is 27.4 Å². The van der Waals surface area contributed by atoms with Crippen molar-refractivity contribution in [1.82, 2.24) is 9.97 Å². The third-order valence-corrected chi connectivity index (χ3v) is 5.75. The van der Waals surface area contributed by atoms with Gasteiger partial charge in [-0.1, -0.05) is 18.2 Å². The number of thiophene rings is 1. The number of aromatic nitrogens is 2. The Bertz CT molecular complexity index is 888. The summed E-state index contributed by atoms with van der Waals surface area (Å²) in [6.07, 6.45) is 4.88. The molecule has 2 heterocycles. The number of anilines is 1. The molecule has 1 aliphatic carbocycles. The molecule has 1 N–H and O–H groups in total. The minimum Gasteiger partial charge on any atom is -0.496 e. The molecule has 0 radical (unpaired) electrons. The summed E-state index contributed by atoms with van der Waals surface area (Å²) in [5.74, 6) is 2.69. The third-order valence-electron chi connectivity index (χ3n) is 4.57. The van der Waals surface area contributed by atoms with Gasteiger partial charge in [-0.05, 0) is 44.2 Å². The van der Waals surface area contributed by atoms with Crippen molar-refractivity contribution in [3.05, 3.63) is 46.1 Å². The van der Waals surface area contributed by atoms with Gasteiger partial charge in [-0.15, -0.1) is 11.3 Å². The highest BCUT2D eigenvalue weighted by atomic mass is 32.1. The molecule has 0 unspecified atom stereocenters.